The minimum atomic E-state index is -3.63. The molecule has 1 amide bonds. The third-order valence-electron chi connectivity index (χ3n) is 4.43. The quantitative estimate of drug-likeness (QED) is 0.919. The summed E-state index contributed by atoms with van der Waals surface area (Å²) in [4.78, 5) is 12.0. The number of fused-ring (bicyclic) bond motifs is 1. The van der Waals surface area contributed by atoms with Crippen molar-refractivity contribution in [3.05, 3.63) is 40.3 Å². The zero-order chi connectivity index (χ0) is 15.7. The maximum Gasteiger partial charge on any atom is 0.239 e. The first-order chi connectivity index (χ1) is 10.5. The van der Waals surface area contributed by atoms with Crippen LogP contribution in [0.25, 0.3) is 6.08 Å². The second kappa shape index (κ2) is 5.85. The molecule has 5 nitrogen and oxygen atoms in total. The van der Waals surface area contributed by atoms with Gasteiger partial charge in [-0.1, -0.05) is 30.7 Å². The number of primary amides is 1. The van der Waals surface area contributed by atoms with Crippen LogP contribution in [0.15, 0.2) is 29.2 Å². The summed E-state index contributed by atoms with van der Waals surface area (Å²) >= 11 is 0. The van der Waals surface area contributed by atoms with Crippen molar-refractivity contribution in [3.63, 3.8) is 0 Å². The van der Waals surface area contributed by atoms with E-state index in [1.165, 1.54) is 4.31 Å². The van der Waals surface area contributed by atoms with Gasteiger partial charge in [-0.3, -0.25) is 4.79 Å². The van der Waals surface area contributed by atoms with Crippen LogP contribution in [0, 0.1) is 0 Å². The molecule has 2 aliphatic rings. The highest BCUT2D eigenvalue weighted by molar-refractivity contribution is 7.93. The number of benzene rings is 1. The number of allylic oxidation sites excluding steroid dienone is 1. The van der Waals surface area contributed by atoms with Crippen LogP contribution in [-0.2, 0) is 21.2 Å². The van der Waals surface area contributed by atoms with Crippen LogP contribution in [0.2, 0.25) is 0 Å². The molecule has 0 unspecified atom stereocenters. The summed E-state index contributed by atoms with van der Waals surface area (Å²) in [5.41, 5.74) is 7.50. The molecule has 1 heterocycles. The summed E-state index contributed by atoms with van der Waals surface area (Å²) < 4.78 is 27.1. The minimum absolute atomic E-state index is 0.370. The van der Waals surface area contributed by atoms with Gasteiger partial charge in [-0.05, 0) is 42.9 Å². The monoisotopic (exact) mass is 320 g/mol. The molecular formula is C16H20N2O3S. The van der Waals surface area contributed by atoms with Crippen LogP contribution < -0.4 is 5.73 Å². The van der Waals surface area contributed by atoms with Crippen LogP contribution >= 0.6 is 0 Å². The van der Waals surface area contributed by atoms with Gasteiger partial charge in [0.2, 0.25) is 15.9 Å². The number of aryl methyl sites for hydroxylation is 1. The van der Waals surface area contributed by atoms with Gasteiger partial charge in [0.25, 0.3) is 0 Å². The third-order valence-corrected chi connectivity index (χ3v) is 6.47. The molecule has 1 saturated heterocycles. The summed E-state index contributed by atoms with van der Waals surface area (Å²) in [6, 6.07) is 7.09. The Morgan fingerprint density at radius 2 is 1.95 bits per heavy atom. The highest BCUT2D eigenvalue weighted by Gasteiger charge is 2.38. The molecule has 0 bridgehead atoms. The smallest absolute Gasteiger partial charge is 0.239 e. The predicted molar refractivity (Wildman–Crippen MR) is 85.2 cm³/mol. The van der Waals surface area contributed by atoms with Crippen molar-refractivity contribution in [1.29, 1.82) is 0 Å². The molecule has 0 spiro atoms. The average Bonchev–Trinajstić information content (AvgIpc) is 2.54. The normalized spacial score (nSPS) is 22.7. The first-order valence-electron chi connectivity index (χ1n) is 7.60. The molecule has 0 aromatic heterocycles. The Kier molecular flexibility index (Phi) is 4.06. The molecule has 22 heavy (non-hydrogen) atoms. The Bertz CT molecular complexity index is 725. The van der Waals surface area contributed by atoms with Gasteiger partial charge < -0.3 is 5.73 Å². The Morgan fingerprint density at radius 1 is 1.18 bits per heavy atom. The van der Waals surface area contributed by atoms with Crippen molar-refractivity contribution in [2.75, 3.05) is 6.54 Å². The number of piperidine rings is 1. The number of nitrogens with zero attached hydrogens (tertiary/aromatic N) is 1. The van der Waals surface area contributed by atoms with Gasteiger partial charge >= 0.3 is 0 Å². The number of carbonyl (C=O) groups excluding carboxylic acids is 1. The highest BCUT2D eigenvalue weighted by Crippen LogP contribution is 2.31. The fourth-order valence-corrected chi connectivity index (χ4v) is 5.09. The topological polar surface area (TPSA) is 80.5 Å². The lowest BCUT2D eigenvalue weighted by molar-refractivity contribution is -0.122. The van der Waals surface area contributed by atoms with E-state index < -0.39 is 22.0 Å². The molecule has 118 valence electrons. The Labute approximate surface area is 130 Å². The fourth-order valence-electron chi connectivity index (χ4n) is 3.24. The zero-order valence-corrected chi connectivity index (χ0v) is 13.2. The number of sulfonamides is 1. The second-order valence-electron chi connectivity index (χ2n) is 5.84. The summed E-state index contributed by atoms with van der Waals surface area (Å²) in [5.74, 6) is -0.555. The van der Waals surface area contributed by atoms with Gasteiger partial charge in [0, 0.05) is 6.54 Å². The Morgan fingerprint density at radius 3 is 2.73 bits per heavy atom. The van der Waals surface area contributed by atoms with Gasteiger partial charge in [0.15, 0.2) is 0 Å². The van der Waals surface area contributed by atoms with E-state index in [9.17, 15) is 13.2 Å². The summed E-state index contributed by atoms with van der Waals surface area (Å²) in [6.07, 6.45) is 5.03. The first kappa shape index (κ1) is 15.2. The molecule has 3 rings (SSSR count). The largest absolute Gasteiger partial charge is 0.368 e. The third kappa shape index (κ3) is 2.68. The van der Waals surface area contributed by atoms with Crippen molar-refractivity contribution in [2.45, 2.75) is 38.1 Å². The van der Waals surface area contributed by atoms with Crippen LogP contribution in [0.3, 0.4) is 0 Å². The molecule has 1 aliphatic carbocycles. The van der Waals surface area contributed by atoms with Crippen LogP contribution in [0.1, 0.15) is 36.8 Å². The van der Waals surface area contributed by atoms with Gasteiger partial charge in [-0.15, -0.1) is 0 Å². The van der Waals surface area contributed by atoms with Crippen LogP contribution in [0.5, 0.6) is 0 Å². The van der Waals surface area contributed by atoms with E-state index in [0.29, 0.717) is 30.7 Å². The van der Waals surface area contributed by atoms with E-state index in [-0.39, 0.29) is 0 Å². The predicted octanol–water partition coefficient (Wildman–Crippen LogP) is 1.64. The Balaban J connectivity index is 1.96. The standard InChI is InChI=1S/C16H20N2O3S/c17-16(19)15-7-3-4-10-18(15)22(20,21)14-9-8-12-5-1-2-6-13(12)11-14/h1-2,5-6,11,15H,3-4,7-10H2,(H2,17,19)/t15-/m1/s1. The Hall–Kier alpha value is -1.66. The summed E-state index contributed by atoms with van der Waals surface area (Å²) in [5, 5.41) is 0. The molecule has 1 fully saturated rings. The lowest BCUT2D eigenvalue weighted by Gasteiger charge is -2.33. The van der Waals surface area contributed by atoms with Gasteiger partial charge in [0.1, 0.15) is 6.04 Å². The van der Waals surface area contributed by atoms with Gasteiger partial charge in [0.05, 0.1) is 4.91 Å². The van der Waals surface area contributed by atoms with E-state index in [2.05, 4.69) is 0 Å². The van der Waals surface area contributed by atoms with E-state index in [4.69, 9.17) is 5.73 Å². The lowest BCUT2D eigenvalue weighted by Crippen LogP contribution is -2.50. The van der Waals surface area contributed by atoms with Crippen molar-refractivity contribution in [1.82, 2.24) is 4.31 Å². The lowest BCUT2D eigenvalue weighted by atomic mass is 9.98. The van der Waals surface area contributed by atoms with Crippen LogP contribution in [-0.4, -0.2) is 31.2 Å². The van der Waals surface area contributed by atoms with Crippen molar-refractivity contribution in [2.24, 2.45) is 5.73 Å². The molecule has 1 aromatic rings. The molecule has 6 heteroatoms. The molecule has 2 N–H and O–H groups in total. The number of hydrogen-bond acceptors (Lipinski definition) is 3. The molecule has 0 saturated carbocycles. The number of hydrogen-bond donors (Lipinski definition) is 1. The average molecular weight is 320 g/mol. The molecular weight excluding hydrogens is 300 g/mol. The first-order valence-corrected chi connectivity index (χ1v) is 9.04. The van der Waals surface area contributed by atoms with Crippen molar-refractivity contribution in [3.8, 4) is 0 Å². The zero-order valence-electron chi connectivity index (χ0n) is 12.4. The van der Waals surface area contributed by atoms with Crippen molar-refractivity contribution < 1.29 is 13.2 Å². The van der Waals surface area contributed by atoms with Gasteiger partial charge in [-0.25, -0.2) is 8.42 Å². The minimum Gasteiger partial charge on any atom is -0.368 e. The highest BCUT2D eigenvalue weighted by atomic mass is 32.2. The van der Waals surface area contributed by atoms with E-state index in [0.717, 1.165) is 24.0 Å². The molecule has 1 aromatic carbocycles. The maximum absolute atomic E-state index is 12.9. The number of amides is 1. The SMILES string of the molecule is NC(=O)[C@H]1CCCCN1S(=O)(=O)C1=Cc2ccccc2CC1. The number of rotatable bonds is 3. The van der Waals surface area contributed by atoms with Gasteiger partial charge in [-0.2, -0.15) is 4.31 Å². The van der Waals surface area contributed by atoms with Crippen molar-refractivity contribution >= 4 is 22.0 Å². The number of nitrogens with two attached hydrogens (primary N) is 1. The molecule has 1 atom stereocenters. The summed E-state index contributed by atoms with van der Waals surface area (Å²) in [6.45, 7) is 0.370. The van der Waals surface area contributed by atoms with E-state index >= 15 is 0 Å². The second-order valence-corrected chi connectivity index (χ2v) is 7.78. The fraction of sp³-hybridized carbons (Fsp3) is 0.438. The van der Waals surface area contributed by atoms with Crippen LogP contribution in [0.4, 0.5) is 0 Å². The van der Waals surface area contributed by atoms with E-state index in [1.807, 2.05) is 24.3 Å². The van der Waals surface area contributed by atoms with E-state index in [1.54, 1.807) is 6.08 Å². The molecule has 1 aliphatic heterocycles. The maximum atomic E-state index is 12.9. The summed E-state index contributed by atoms with van der Waals surface area (Å²) in [7, 11) is -3.63. The number of carbonyl (C=O) groups is 1. The molecule has 0 radical (unpaired) electrons.